The van der Waals surface area contributed by atoms with Gasteiger partial charge in [-0.05, 0) is 30.3 Å². The van der Waals surface area contributed by atoms with Gasteiger partial charge in [-0.15, -0.1) is 5.10 Å². The van der Waals surface area contributed by atoms with Gasteiger partial charge in [0.15, 0.2) is 5.82 Å². The summed E-state index contributed by atoms with van der Waals surface area (Å²) in [6.45, 7) is 4.55. The van der Waals surface area contributed by atoms with E-state index in [9.17, 15) is 10.1 Å². The number of hydrogen-bond acceptors (Lipinski definition) is 8. The zero-order valence-electron chi connectivity index (χ0n) is 18.0. The van der Waals surface area contributed by atoms with Crippen LogP contribution in [-0.2, 0) is 4.79 Å². The summed E-state index contributed by atoms with van der Waals surface area (Å²) < 4.78 is 2.53. The van der Waals surface area contributed by atoms with Crippen LogP contribution < -0.4 is 16.0 Å². The number of nitriles is 1. The van der Waals surface area contributed by atoms with E-state index < -0.39 is 0 Å². The zero-order valence-corrected chi connectivity index (χ0v) is 18.8. The van der Waals surface area contributed by atoms with Crippen LogP contribution in [0.5, 0.6) is 0 Å². The lowest BCUT2D eigenvalue weighted by Gasteiger charge is -2.35. The number of carbonyl (C=O) groups excluding carboxylic acids is 1. The maximum atomic E-state index is 11.6. The quantitative estimate of drug-likeness (QED) is 0.482. The number of fused-ring (bicyclic) bond motifs is 1. The second-order valence-electron chi connectivity index (χ2n) is 7.77. The minimum absolute atomic E-state index is 0.107. The molecule has 0 aliphatic carbocycles. The molecule has 1 aliphatic rings. The van der Waals surface area contributed by atoms with Gasteiger partial charge in [0, 0.05) is 44.5 Å². The van der Waals surface area contributed by atoms with Crippen LogP contribution in [0.15, 0.2) is 48.5 Å². The topological polar surface area (TPSA) is 116 Å². The molecular weight excluding hydrogens is 436 g/mol. The Labute approximate surface area is 194 Å². The molecule has 3 heterocycles. The molecule has 2 aromatic carbocycles. The average Bonchev–Trinajstić information content (AvgIpc) is 3.39. The zero-order chi connectivity index (χ0) is 22.9. The number of rotatable bonds is 4. The number of thiazole rings is 1. The van der Waals surface area contributed by atoms with Crippen LogP contribution in [0.2, 0.25) is 0 Å². The molecular formula is C23H22N8OS. The van der Waals surface area contributed by atoms with Crippen molar-refractivity contribution in [3.05, 3.63) is 54.1 Å². The number of nitrogens with one attached hydrogen (secondary N) is 1. The monoisotopic (exact) mass is 458 g/mol. The Morgan fingerprint density at radius 2 is 1.94 bits per heavy atom. The number of nitrogen functional groups attached to an aromatic ring is 1. The number of nitrogens with two attached hydrogens (primary N) is 1. The molecule has 0 unspecified atom stereocenters. The van der Waals surface area contributed by atoms with E-state index in [4.69, 9.17) is 5.73 Å². The van der Waals surface area contributed by atoms with Crippen molar-refractivity contribution in [3.63, 3.8) is 0 Å². The second-order valence-corrected chi connectivity index (χ2v) is 8.77. The van der Waals surface area contributed by atoms with Crippen LogP contribution in [0.25, 0.3) is 15.3 Å². The first kappa shape index (κ1) is 20.8. The molecule has 1 aliphatic heterocycles. The average molecular weight is 459 g/mol. The lowest BCUT2D eigenvalue weighted by molar-refractivity contribution is -0.129. The third kappa shape index (κ3) is 3.94. The number of nitrogens with zero attached hydrogens (tertiary/aromatic N) is 6. The van der Waals surface area contributed by atoms with Gasteiger partial charge >= 0.3 is 0 Å². The van der Waals surface area contributed by atoms with Gasteiger partial charge in [-0.1, -0.05) is 29.5 Å². The van der Waals surface area contributed by atoms with Gasteiger partial charge in [0.1, 0.15) is 17.5 Å². The second kappa shape index (κ2) is 8.44. The first-order valence-electron chi connectivity index (χ1n) is 10.6. The Morgan fingerprint density at radius 3 is 2.67 bits per heavy atom. The van der Waals surface area contributed by atoms with Crippen molar-refractivity contribution in [1.29, 1.82) is 5.26 Å². The summed E-state index contributed by atoms with van der Waals surface area (Å²) in [5.41, 5.74) is 9.24. The van der Waals surface area contributed by atoms with Gasteiger partial charge in [-0.2, -0.15) is 9.94 Å². The van der Waals surface area contributed by atoms with Crippen molar-refractivity contribution in [1.82, 2.24) is 19.7 Å². The normalized spacial score (nSPS) is 13.8. The van der Waals surface area contributed by atoms with Crippen molar-refractivity contribution < 1.29 is 4.79 Å². The fourth-order valence-electron chi connectivity index (χ4n) is 3.92. The SMILES string of the molecule is CC(=O)N1CCN(c2cccc(Nc3nn(-c4nc5ccccc5s4)c(N)c3C#N)c2)CC1. The van der Waals surface area contributed by atoms with Gasteiger partial charge in [0.05, 0.1) is 10.2 Å². The van der Waals surface area contributed by atoms with Crippen LogP contribution in [0, 0.1) is 11.3 Å². The minimum atomic E-state index is 0.107. The van der Waals surface area contributed by atoms with Gasteiger partial charge in [-0.3, -0.25) is 4.79 Å². The van der Waals surface area contributed by atoms with Crippen LogP contribution >= 0.6 is 11.3 Å². The molecule has 4 aromatic rings. The Kier molecular flexibility index (Phi) is 5.32. The van der Waals surface area contributed by atoms with E-state index in [0.29, 0.717) is 24.0 Å². The molecule has 2 aromatic heterocycles. The largest absolute Gasteiger partial charge is 0.382 e. The number of piperazine rings is 1. The Balaban J connectivity index is 1.41. The van der Waals surface area contributed by atoms with Gasteiger partial charge in [0.25, 0.3) is 0 Å². The van der Waals surface area contributed by atoms with Gasteiger partial charge < -0.3 is 20.9 Å². The fraction of sp³-hybridized carbons (Fsp3) is 0.217. The van der Waals surface area contributed by atoms with Crippen LogP contribution in [0.3, 0.4) is 0 Å². The summed E-state index contributed by atoms with van der Waals surface area (Å²) >= 11 is 1.46. The van der Waals surface area contributed by atoms with Crippen LogP contribution in [0.4, 0.5) is 23.0 Å². The standard InChI is InChI=1S/C23H22N8OS/c1-15(32)29-9-11-30(12-10-29)17-6-4-5-16(13-17)26-22-18(14-24)21(25)31(28-22)23-27-19-7-2-3-8-20(19)33-23/h2-8,13H,9-12,25H2,1H3,(H,26,28). The summed E-state index contributed by atoms with van der Waals surface area (Å²) in [7, 11) is 0. The predicted molar refractivity (Wildman–Crippen MR) is 130 cm³/mol. The maximum absolute atomic E-state index is 11.6. The third-order valence-corrected chi connectivity index (χ3v) is 6.71. The smallest absolute Gasteiger partial charge is 0.219 e. The minimum Gasteiger partial charge on any atom is -0.382 e. The molecule has 33 heavy (non-hydrogen) atoms. The molecule has 1 amide bonds. The molecule has 0 spiro atoms. The van der Waals surface area contributed by atoms with Crippen LogP contribution in [-0.4, -0.2) is 51.8 Å². The highest BCUT2D eigenvalue weighted by Crippen LogP contribution is 2.31. The summed E-state index contributed by atoms with van der Waals surface area (Å²) in [6.07, 6.45) is 0. The lowest BCUT2D eigenvalue weighted by atomic mass is 10.2. The Hall–Kier alpha value is -4.10. The number of benzene rings is 2. The highest BCUT2D eigenvalue weighted by atomic mass is 32.1. The number of para-hydroxylation sites is 1. The van der Waals surface area contributed by atoms with E-state index in [1.807, 2.05) is 53.4 Å². The Morgan fingerprint density at radius 1 is 1.15 bits per heavy atom. The first-order valence-corrected chi connectivity index (χ1v) is 11.4. The molecule has 1 saturated heterocycles. The van der Waals surface area contributed by atoms with Crippen molar-refractivity contribution in [2.24, 2.45) is 0 Å². The van der Waals surface area contributed by atoms with Crippen molar-refractivity contribution in [3.8, 4) is 11.2 Å². The van der Waals surface area contributed by atoms with Crippen molar-refractivity contribution in [2.75, 3.05) is 42.1 Å². The molecule has 166 valence electrons. The van der Waals surface area contributed by atoms with Crippen molar-refractivity contribution in [2.45, 2.75) is 6.92 Å². The summed E-state index contributed by atoms with van der Waals surface area (Å²) in [5, 5.41) is 18.1. The van der Waals surface area contributed by atoms with Gasteiger partial charge in [-0.25, -0.2) is 4.98 Å². The lowest BCUT2D eigenvalue weighted by Crippen LogP contribution is -2.48. The highest BCUT2D eigenvalue weighted by Gasteiger charge is 2.21. The Bertz CT molecular complexity index is 1340. The van der Waals surface area contributed by atoms with E-state index in [1.165, 1.54) is 16.0 Å². The first-order chi connectivity index (χ1) is 16.0. The maximum Gasteiger partial charge on any atom is 0.219 e. The molecule has 0 atom stereocenters. The molecule has 0 radical (unpaired) electrons. The fourth-order valence-corrected chi connectivity index (χ4v) is 4.85. The van der Waals surface area contributed by atoms with E-state index in [1.54, 1.807) is 6.92 Å². The molecule has 1 fully saturated rings. The number of amides is 1. The number of carbonyl (C=O) groups is 1. The molecule has 9 nitrogen and oxygen atoms in total. The van der Waals surface area contributed by atoms with Crippen molar-refractivity contribution >= 4 is 50.5 Å². The molecule has 0 bridgehead atoms. The number of anilines is 4. The highest BCUT2D eigenvalue weighted by molar-refractivity contribution is 7.20. The number of hydrogen-bond donors (Lipinski definition) is 2. The van der Waals surface area contributed by atoms with E-state index in [-0.39, 0.29) is 17.3 Å². The van der Waals surface area contributed by atoms with E-state index >= 15 is 0 Å². The van der Waals surface area contributed by atoms with Crippen LogP contribution in [0.1, 0.15) is 12.5 Å². The van der Waals surface area contributed by atoms with E-state index in [0.717, 1.165) is 34.7 Å². The summed E-state index contributed by atoms with van der Waals surface area (Å²) in [4.78, 5) is 20.3. The van der Waals surface area contributed by atoms with Gasteiger partial charge in [0.2, 0.25) is 11.0 Å². The van der Waals surface area contributed by atoms with E-state index in [2.05, 4.69) is 26.4 Å². The summed E-state index contributed by atoms with van der Waals surface area (Å²) in [6, 6.07) is 17.9. The molecule has 10 heteroatoms. The molecule has 5 rings (SSSR count). The predicted octanol–water partition coefficient (Wildman–Crippen LogP) is 3.35. The summed E-state index contributed by atoms with van der Waals surface area (Å²) in [5.74, 6) is 0.735. The molecule has 3 N–H and O–H groups in total. The third-order valence-electron chi connectivity index (χ3n) is 5.70. The molecule has 0 saturated carbocycles. The number of aromatic nitrogens is 3.